The number of halogens is 1. The van der Waals surface area contributed by atoms with Gasteiger partial charge in [-0.25, -0.2) is 8.42 Å². The van der Waals surface area contributed by atoms with Crippen LogP contribution in [0.3, 0.4) is 0 Å². The van der Waals surface area contributed by atoms with E-state index in [4.69, 9.17) is 4.74 Å². The summed E-state index contributed by atoms with van der Waals surface area (Å²) in [4.78, 5) is 27.7. The van der Waals surface area contributed by atoms with Gasteiger partial charge in [-0.2, -0.15) is 0 Å². The Bertz CT molecular complexity index is 1110. The zero-order valence-electron chi connectivity index (χ0n) is 20.1. The maximum absolute atomic E-state index is 13.5. The summed E-state index contributed by atoms with van der Waals surface area (Å²) < 4.78 is 32.3. The molecule has 0 aliphatic rings. The number of amides is 2. The monoisotopic (exact) mass is 553 g/mol. The average Bonchev–Trinajstić information content (AvgIpc) is 2.78. The largest absolute Gasteiger partial charge is 0.497 e. The predicted molar refractivity (Wildman–Crippen MR) is 137 cm³/mol. The van der Waals surface area contributed by atoms with E-state index in [0.717, 1.165) is 20.6 Å². The number of benzene rings is 2. The quantitative estimate of drug-likeness (QED) is 0.460. The van der Waals surface area contributed by atoms with Crippen LogP contribution in [0.2, 0.25) is 0 Å². The molecule has 0 heterocycles. The summed E-state index contributed by atoms with van der Waals surface area (Å²) in [7, 11) is -2.32. The second kappa shape index (κ2) is 12.2. The standard InChI is InChI=1S/C24H32BrN3O5S/c1-17(2)14-26-24(30)18(3)27(15-19-8-6-9-20(25)12-19)23(29)16-28(34(5,31)32)21-10-7-11-22(13-21)33-4/h6-13,17-18H,14-16H2,1-5H3,(H,26,30)/t18-/m1/s1. The Hall–Kier alpha value is -2.59. The minimum Gasteiger partial charge on any atom is -0.497 e. The number of carbonyl (C=O) groups is 2. The molecule has 2 amide bonds. The summed E-state index contributed by atoms with van der Waals surface area (Å²) in [6.45, 7) is 5.76. The Morgan fingerprint density at radius 3 is 2.35 bits per heavy atom. The lowest BCUT2D eigenvalue weighted by molar-refractivity contribution is -0.139. The Balaban J connectivity index is 2.38. The van der Waals surface area contributed by atoms with Gasteiger partial charge in [-0.05, 0) is 42.7 Å². The predicted octanol–water partition coefficient (Wildman–Crippen LogP) is 3.41. The van der Waals surface area contributed by atoms with Gasteiger partial charge in [0, 0.05) is 23.6 Å². The first-order valence-corrected chi connectivity index (χ1v) is 13.5. The van der Waals surface area contributed by atoms with Crippen LogP contribution in [0, 0.1) is 5.92 Å². The van der Waals surface area contributed by atoms with E-state index in [2.05, 4.69) is 21.2 Å². The van der Waals surface area contributed by atoms with Crippen LogP contribution < -0.4 is 14.4 Å². The van der Waals surface area contributed by atoms with Crippen molar-refractivity contribution < 1.29 is 22.7 Å². The van der Waals surface area contributed by atoms with E-state index in [9.17, 15) is 18.0 Å². The van der Waals surface area contributed by atoms with Crippen molar-refractivity contribution in [2.24, 2.45) is 5.92 Å². The lowest BCUT2D eigenvalue weighted by atomic mass is 10.1. The van der Waals surface area contributed by atoms with Crippen molar-refractivity contribution in [3.8, 4) is 5.75 Å². The summed E-state index contributed by atoms with van der Waals surface area (Å²) >= 11 is 3.42. The summed E-state index contributed by atoms with van der Waals surface area (Å²) in [5.41, 5.74) is 1.10. The molecule has 2 rings (SSSR count). The van der Waals surface area contributed by atoms with Crippen LogP contribution in [0.4, 0.5) is 5.69 Å². The number of methoxy groups -OCH3 is 1. The summed E-state index contributed by atoms with van der Waals surface area (Å²) in [6.07, 6.45) is 1.04. The van der Waals surface area contributed by atoms with E-state index < -0.39 is 28.5 Å². The smallest absolute Gasteiger partial charge is 0.244 e. The number of carbonyl (C=O) groups excluding carboxylic acids is 2. The third-order valence-electron chi connectivity index (χ3n) is 5.11. The van der Waals surface area contributed by atoms with Crippen LogP contribution in [0.1, 0.15) is 26.3 Å². The molecule has 10 heteroatoms. The van der Waals surface area contributed by atoms with Gasteiger partial charge in [-0.3, -0.25) is 13.9 Å². The lowest BCUT2D eigenvalue weighted by Crippen LogP contribution is -2.51. The molecule has 34 heavy (non-hydrogen) atoms. The van der Waals surface area contributed by atoms with Crippen LogP contribution >= 0.6 is 15.9 Å². The molecule has 0 unspecified atom stereocenters. The fourth-order valence-electron chi connectivity index (χ4n) is 3.25. The zero-order chi connectivity index (χ0) is 25.5. The molecule has 0 spiro atoms. The molecule has 0 saturated heterocycles. The number of anilines is 1. The second-order valence-corrected chi connectivity index (χ2v) is 11.3. The van der Waals surface area contributed by atoms with Gasteiger partial charge in [0.2, 0.25) is 21.8 Å². The van der Waals surface area contributed by atoms with Gasteiger partial charge in [0.05, 0.1) is 19.1 Å². The SMILES string of the molecule is COc1cccc(N(CC(=O)N(Cc2cccc(Br)c2)[C@H](C)C(=O)NCC(C)C)S(C)(=O)=O)c1. The first-order chi connectivity index (χ1) is 15.9. The van der Waals surface area contributed by atoms with Crippen LogP contribution in [0.25, 0.3) is 0 Å². The van der Waals surface area contributed by atoms with Crippen molar-refractivity contribution in [2.45, 2.75) is 33.4 Å². The first-order valence-electron chi connectivity index (χ1n) is 10.9. The van der Waals surface area contributed by atoms with Crippen molar-refractivity contribution in [2.75, 3.05) is 30.8 Å². The number of ether oxygens (including phenoxy) is 1. The fraction of sp³-hybridized carbons (Fsp3) is 0.417. The molecule has 0 aliphatic heterocycles. The van der Waals surface area contributed by atoms with Gasteiger partial charge in [-0.1, -0.05) is 48.0 Å². The molecule has 1 atom stereocenters. The van der Waals surface area contributed by atoms with Gasteiger partial charge >= 0.3 is 0 Å². The molecule has 2 aromatic rings. The van der Waals surface area contributed by atoms with Gasteiger partial charge in [0.25, 0.3) is 0 Å². The molecule has 2 aromatic carbocycles. The van der Waals surface area contributed by atoms with Crippen LogP contribution in [0.5, 0.6) is 5.75 Å². The van der Waals surface area contributed by atoms with Crippen LogP contribution in [-0.4, -0.2) is 57.6 Å². The highest BCUT2D eigenvalue weighted by Crippen LogP contribution is 2.24. The molecule has 0 aromatic heterocycles. The number of nitrogens with one attached hydrogen (secondary N) is 1. The highest BCUT2D eigenvalue weighted by atomic mass is 79.9. The minimum absolute atomic E-state index is 0.143. The van der Waals surface area contributed by atoms with Gasteiger partial charge < -0.3 is 15.0 Å². The molecule has 0 fully saturated rings. The van der Waals surface area contributed by atoms with E-state index in [-0.39, 0.29) is 18.4 Å². The Kier molecular flexibility index (Phi) is 9.93. The molecular formula is C24H32BrN3O5S. The number of hydrogen-bond acceptors (Lipinski definition) is 5. The number of rotatable bonds is 11. The van der Waals surface area contributed by atoms with Gasteiger partial charge in [0.1, 0.15) is 18.3 Å². The molecule has 0 radical (unpaired) electrons. The van der Waals surface area contributed by atoms with E-state index in [1.165, 1.54) is 12.0 Å². The molecule has 0 bridgehead atoms. The maximum atomic E-state index is 13.5. The number of sulfonamides is 1. The Labute approximate surface area is 210 Å². The zero-order valence-corrected chi connectivity index (χ0v) is 22.5. The summed E-state index contributed by atoms with van der Waals surface area (Å²) in [5.74, 6) is -0.0880. The lowest BCUT2D eigenvalue weighted by Gasteiger charge is -2.31. The van der Waals surface area contributed by atoms with E-state index in [1.54, 1.807) is 31.2 Å². The minimum atomic E-state index is -3.80. The topological polar surface area (TPSA) is 96.0 Å². The maximum Gasteiger partial charge on any atom is 0.244 e. The molecule has 0 aliphatic carbocycles. The average molecular weight is 555 g/mol. The molecule has 0 saturated carbocycles. The van der Waals surface area contributed by atoms with Crippen molar-refractivity contribution >= 4 is 43.5 Å². The molecular weight excluding hydrogens is 522 g/mol. The van der Waals surface area contributed by atoms with Crippen molar-refractivity contribution in [3.05, 3.63) is 58.6 Å². The molecule has 1 N–H and O–H groups in total. The highest BCUT2D eigenvalue weighted by molar-refractivity contribution is 9.10. The second-order valence-electron chi connectivity index (χ2n) is 8.44. The first kappa shape index (κ1) is 27.7. The van der Waals surface area contributed by atoms with Crippen LogP contribution in [-0.2, 0) is 26.2 Å². The van der Waals surface area contributed by atoms with Crippen molar-refractivity contribution in [3.63, 3.8) is 0 Å². The summed E-state index contributed by atoms with van der Waals surface area (Å²) in [5, 5.41) is 2.85. The number of hydrogen-bond donors (Lipinski definition) is 1. The highest BCUT2D eigenvalue weighted by Gasteiger charge is 2.30. The van der Waals surface area contributed by atoms with Crippen LogP contribution in [0.15, 0.2) is 53.0 Å². The van der Waals surface area contributed by atoms with Gasteiger partial charge in [-0.15, -0.1) is 0 Å². The Morgan fingerprint density at radius 1 is 1.09 bits per heavy atom. The van der Waals surface area contributed by atoms with E-state index >= 15 is 0 Å². The van der Waals surface area contributed by atoms with Crippen molar-refractivity contribution in [1.29, 1.82) is 0 Å². The molecule has 186 valence electrons. The third-order valence-corrected chi connectivity index (χ3v) is 6.75. The van der Waals surface area contributed by atoms with E-state index in [1.807, 2.05) is 38.1 Å². The third kappa shape index (κ3) is 8.02. The normalized spacial score (nSPS) is 12.2. The fourth-order valence-corrected chi connectivity index (χ4v) is 4.53. The summed E-state index contributed by atoms with van der Waals surface area (Å²) in [6, 6.07) is 13.1. The van der Waals surface area contributed by atoms with Gasteiger partial charge in [0.15, 0.2) is 0 Å². The number of nitrogens with zero attached hydrogens (tertiary/aromatic N) is 2. The Morgan fingerprint density at radius 2 is 1.76 bits per heavy atom. The van der Waals surface area contributed by atoms with E-state index in [0.29, 0.717) is 18.0 Å². The molecule has 8 nitrogen and oxygen atoms in total. The van der Waals surface area contributed by atoms with Crippen molar-refractivity contribution in [1.82, 2.24) is 10.2 Å².